The largest absolute Gasteiger partial charge is 0.395 e. The second kappa shape index (κ2) is 8.49. The molecule has 0 aliphatic carbocycles. The molecule has 0 unspecified atom stereocenters. The number of hydrogen-bond acceptors (Lipinski definition) is 4. The molecule has 8 heteroatoms. The maximum absolute atomic E-state index is 13.6. The van der Waals surface area contributed by atoms with Crippen LogP contribution in [0.1, 0.15) is 5.56 Å². The van der Waals surface area contributed by atoms with Crippen LogP contribution < -0.4 is 16.0 Å². The van der Waals surface area contributed by atoms with Crippen molar-refractivity contribution in [3.8, 4) is 0 Å². The van der Waals surface area contributed by atoms with Gasteiger partial charge in [0.2, 0.25) is 0 Å². The predicted molar refractivity (Wildman–Crippen MR) is 92.0 cm³/mol. The van der Waals surface area contributed by atoms with Crippen LogP contribution in [0.2, 0.25) is 5.02 Å². The number of urea groups is 1. The summed E-state index contributed by atoms with van der Waals surface area (Å²) in [6.07, 6.45) is 0. The van der Waals surface area contributed by atoms with Gasteiger partial charge in [0.05, 0.1) is 18.9 Å². The zero-order valence-corrected chi connectivity index (χ0v) is 13.4. The Morgan fingerprint density at radius 1 is 1.12 bits per heavy atom. The first kappa shape index (κ1) is 18.0. The van der Waals surface area contributed by atoms with Crippen molar-refractivity contribution in [2.45, 2.75) is 6.61 Å². The molecule has 5 N–H and O–H groups in total. The minimum atomic E-state index is -0.606. The molecule has 2 aromatic carbocycles. The first-order valence-electron chi connectivity index (χ1n) is 7.15. The Morgan fingerprint density at radius 3 is 2.58 bits per heavy atom. The molecule has 0 spiro atoms. The van der Waals surface area contributed by atoms with Gasteiger partial charge in [-0.3, -0.25) is 0 Å². The summed E-state index contributed by atoms with van der Waals surface area (Å²) in [6, 6.07) is 8.34. The van der Waals surface area contributed by atoms with Crippen LogP contribution >= 0.6 is 11.6 Å². The Morgan fingerprint density at radius 2 is 1.88 bits per heavy atom. The monoisotopic (exact) mass is 353 g/mol. The molecule has 0 bridgehead atoms. The smallest absolute Gasteiger partial charge is 0.323 e. The SMILES string of the molecule is O=C(Nc1cc(Cl)cc(NCCO)c1)Nc1cccc(F)c1CO. The van der Waals surface area contributed by atoms with Crippen molar-refractivity contribution >= 4 is 34.7 Å². The van der Waals surface area contributed by atoms with Crippen LogP contribution in [0, 0.1) is 5.82 Å². The van der Waals surface area contributed by atoms with Gasteiger partial charge in [-0.25, -0.2) is 9.18 Å². The average Bonchev–Trinajstić information content (AvgIpc) is 2.52. The normalized spacial score (nSPS) is 10.3. The van der Waals surface area contributed by atoms with Crippen LogP contribution in [-0.4, -0.2) is 29.4 Å². The molecule has 0 aliphatic heterocycles. The van der Waals surface area contributed by atoms with Gasteiger partial charge >= 0.3 is 6.03 Å². The second-order valence-corrected chi connectivity index (χ2v) is 5.32. The molecular weight excluding hydrogens is 337 g/mol. The number of aliphatic hydroxyl groups is 2. The number of carbonyl (C=O) groups is 1. The van der Waals surface area contributed by atoms with Crippen molar-refractivity contribution < 1.29 is 19.4 Å². The van der Waals surface area contributed by atoms with E-state index in [-0.39, 0.29) is 17.9 Å². The summed E-state index contributed by atoms with van der Waals surface area (Å²) in [5.41, 5.74) is 1.23. The van der Waals surface area contributed by atoms with Gasteiger partial charge in [-0.05, 0) is 30.3 Å². The number of aliphatic hydroxyl groups excluding tert-OH is 2. The number of hydrogen-bond donors (Lipinski definition) is 5. The summed E-state index contributed by atoms with van der Waals surface area (Å²) in [5.74, 6) is -0.603. The molecule has 2 rings (SSSR count). The first-order valence-corrected chi connectivity index (χ1v) is 7.53. The van der Waals surface area contributed by atoms with Gasteiger partial charge in [-0.1, -0.05) is 17.7 Å². The molecule has 0 heterocycles. The van der Waals surface area contributed by atoms with Crippen molar-refractivity contribution in [1.29, 1.82) is 0 Å². The lowest BCUT2D eigenvalue weighted by atomic mass is 10.2. The van der Waals surface area contributed by atoms with E-state index in [1.807, 2.05) is 0 Å². The summed E-state index contributed by atoms with van der Waals surface area (Å²) in [5, 5.41) is 26.4. The van der Waals surface area contributed by atoms with Gasteiger partial charge in [0.25, 0.3) is 0 Å². The lowest BCUT2D eigenvalue weighted by Crippen LogP contribution is -2.20. The van der Waals surface area contributed by atoms with E-state index in [1.165, 1.54) is 18.2 Å². The molecule has 0 aliphatic rings. The van der Waals surface area contributed by atoms with Crippen LogP contribution in [0.4, 0.5) is 26.2 Å². The van der Waals surface area contributed by atoms with E-state index >= 15 is 0 Å². The lowest BCUT2D eigenvalue weighted by molar-refractivity contribution is 0.261. The van der Waals surface area contributed by atoms with E-state index in [0.29, 0.717) is 22.9 Å². The van der Waals surface area contributed by atoms with E-state index < -0.39 is 18.5 Å². The summed E-state index contributed by atoms with van der Waals surface area (Å²) in [4.78, 5) is 12.1. The van der Waals surface area contributed by atoms with Crippen molar-refractivity contribution in [3.05, 3.63) is 52.8 Å². The van der Waals surface area contributed by atoms with Crippen molar-refractivity contribution in [2.75, 3.05) is 29.1 Å². The number of carbonyl (C=O) groups excluding carboxylic acids is 1. The van der Waals surface area contributed by atoms with Crippen LogP contribution in [0.3, 0.4) is 0 Å². The van der Waals surface area contributed by atoms with Gasteiger partial charge in [0.1, 0.15) is 5.82 Å². The minimum absolute atomic E-state index is 0.00375. The third kappa shape index (κ3) is 4.82. The quantitative estimate of drug-likeness (QED) is 0.552. The fourth-order valence-corrected chi connectivity index (χ4v) is 2.32. The highest BCUT2D eigenvalue weighted by Gasteiger charge is 2.11. The lowest BCUT2D eigenvalue weighted by Gasteiger charge is -2.13. The molecule has 2 amide bonds. The topological polar surface area (TPSA) is 93.6 Å². The summed E-state index contributed by atoms with van der Waals surface area (Å²) in [6.45, 7) is -0.233. The van der Waals surface area contributed by atoms with Crippen molar-refractivity contribution in [1.82, 2.24) is 0 Å². The Kier molecular flexibility index (Phi) is 6.36. The van der Waals surface area contributed by atoms with E-state index in [0.717, 1.165) is 0 Å². The molecule has 6 nitrogen and oxygen atoms in total. The Bertz CT molecular complexity index is 728. The van der Waals surface area contributed by atoms with E-state index in [2.05, 4.69) is 16.0 Å². The summed E-state index contributed by atoms with van der Waals surface area (Å²) in [7, 11) is 0. The van der Waals surface area contributed by atoms with Crippen LogP contribution in [0.25, 0.3) is 0 Å². The van der Waals surface area contributed by atoms with Crippen LogP contribution in [0.15, 0.2) is 36.4 Å². The Balaban J connectivity index is 2.10. The van der Waals surface area contributed by atoms with Crippen molar-refractivity contribution in [2.24, 2.45) is 0 Å². The molecule has 0 atom stereocenters. The average molecular weight is 354 g/mol. The number of halogens is 2. The molecule has 0 saturated carbocycles. The fraction of sp³-hybridized carbons (Fsp3) is 0.188. The number of rotatable bonds is 6. The van der Waals surface area contributed by atoms with Crippen molar-refractivity contribution in [3.63, 3.8) is 0 Å². The molecule has 0 radical (unpaired) electrons. The molecule has 2 aromatic rings. The Labute approximate surface area is 143 Å². The van der Waals surface area contributed by atoms with Gasteiger partial charge in [-0.15, -0.1) is 0 Å². The van der Waals surface area contributed by atoms with E-state index in [9.17, 15) is 14.3 Å². The maximum atomic E-state index is 13.6. The van der Waals surface area contributed by atoms with Gasteiger partial charge in [0, 0.05) is 28.5 Å². The first-order chi connectivity index (χ1) is 11.5. The molecular formula is C16H17ClFN3O3. The number of benzene rings is 2. The Hall–Kier alpha value is -2.35. The molecule has 0 saturated heterocycles. The van der Waals surface area contributed by atoms with E-state index in [1.54, 1.807) is 18.2 Å². The van der Waals surface area contributed by atoms with Crippen LogP contribution in [0.5, 0.6) is 0 Å². The fourth-order valence-electron chi connectivity index (χ4n) is 2.09. The van der Waals surface area contributed by atoms with Gasteiger partial charge < -0.3 is 26.2 Å². The third-order valence-electron chi connectivity index (χ3n) is 3.12. The maximum Gasteiger partial charge on any atom is 0.323 e. The number of amides is 2. The molecule has 0 fully saturated rings. The number of anilines is 3. The highest BCUT2D eigenvalue weighted by molar-refractivity contribution is 6.31. The summed E-state index contributed by atoms with van der Waals surface area (Å²) >= 11 is 5.98. The minimum Gasteiger partial charge on any atom is -0.395 e. The van der Waals surface area contributed by atoms with E-state index in [4.69, 9.17) is 16.7 Å². The number of nitrogens with one attached hydrogen (secondary N) is 3. The standard InChI is InChI=1S/C16H17ClFN3O3/c17-10-6-11(19-4-5-22)8-12(7-10)20-16(24)21-15-3-1-2-14(18)13(15)9-23/h1-3,6-8,19,22-23H,4-5,9H2,(H2,20,21,24). The highest BCUT2D eigenvalue weighted by atomic mass is 35.5. The zero-order valence-electron chi connectivity index (χ0n) is 12.6. The molecule has 24 heavy (non-hydrogen) atoms. The molecule has 128 valence electrons. The van der Waals surface area contributed by atoms with Gasteiger partial charge in [-0.2, -0.15) is 0 Å². The zero-order chi connectivity index (χ0) is 17.5. The molecule has 0 aromatic heterocycles. The predicted octanol–water partition coefficient (Wildman–Crippen LogP) is 3.02. The van der Waals surface area contributed by atoms with Crippen LogP contribution in [-0.2, 0) is 6.61 Å². The highest BCUT2D eigenvalue weighted by Crippen LogP contribution is 2.23. The van der Waals surface area contributed by atoms with Gasteiger partial charge in [0.15, 0.2) is 0 Å². The second-order valence-electron chi connectivity index (χ2n) is 4.88. The third-order valence-corrected chi connectivity index (χ3v) is 3.34. The summed E-state index contributed by atoms with van der Waals surface area (Å²) < 4.78 is 13.6.